The van der Waals surface area contributed by atoms with Gasteiger partial charge in [-0.25, -0.2) is 9.48 Å². The molecule has 2 atom stereocenters. The van der Waals surface area contributed by atoms with Gasteiger partial charge in [0, 0.05) is 40.0 Å². The summed E-state index contributed by atoms with van der Waals surface area (Å²) in [7, 11) is 0. The van der Waals surface area contributed by atoms with Gasteiger partial charge in [0.25, 0.3) is 0 Å². The number of anilines is 1. The Balaban J connectivity index is 1.59. The summed E-state index contributed by atoms with van der Waals surface area (Å²) in [6, 6.07) is 16.2. The molecule has 37 heavy (non-hydrogen) atoms. The molecular weight excluding hydrogens is 529 g/mol. The van der Waals surface area contributed by atoms with Gasteiger partial charge in [-0.1, -0.05) is 53.5 Å². The number of carboxylic acid groups (broad SMARTS) is 1. The Hall–Kier alpha value is -3.39. The van der Waals surface area contributed by atoms with Crippen molar-refractivity contribution in [3.8, 4) is 5.69 Å². The Labute approximate surface area is 227 Å². The van der Waals surface area contributed by atoms with Crippen molar-refractivity contribution < 1.29 is 14.7 Å². The van der Waals surface area contributed by atoms with Gasteiger partial charge in [-0.15, -0.1) is 11.3 Å². The molecular formula is C28H21Cl2N3O3S. The number of Topliss-reactive ketones (excluding diaryl/α,β-unsaturated/α-hetero) is 1. The van der Waals surface area contributed by atoms with Crippen LogP contribution in [-0.2, 0) is 4.79 Å². The smallest absolute Gasteiger partial charge is 0.337 e. The molecule has 3 heterocycles. The highest BCUT2D eigenvalue weighted by Crippen LogP contribution is 2.51. The van der Waals surface area contributed by atoms with Gasteiger partial charge in [0.15, 0.2) is 5.78 Å². The quantitative estimate of drug-likeness (QED) is 0.281. The van der Waals surface area contributed by atoms with Crippen molar-refractivity contribution in [3.63, 3.8) is 0 Å². The summed E-state index contributed by atoms with van der Waals surface area (Å²) in [6.45, 7) is 1.86. The van der Waals surface area contributed by atoms with E-state index >= 15 is 0 Å². The van der Waals surface area contributed by atoms with Gasteiger partial charge in [-0.3, -0.25) is 4.79 Å². The zero-order chi connectivity index (χ0) is 25.8. The van der Waals surface area contributed by atoms with Crippen molar-refractivity contribution >= 4 is 52.1 Å². The number of hydrogen-bond acceptors (Lipinski definition) is 5. The molecule has 9 heteroatoms. The monoisotopic (exact) mass is 549 g/mol. The van der Waals surface area contributed by atoms with Crippen molar-refractivity contribution in [2.75, 3.05) is 5.32 Å². The normalized spacial score (nSPS) is 18.8. The van der Waals surface area contributed by atoms with E-state index in [1.165, 1.54) is 0 Å². The number of hydrogen-bond donors (Lipinski definition) is 2. The van der Waals surface area contributed by atoms with E-state index in [9.17, 15) is 14.7 Å². The molecule has 2 aromatic heterocycles. The van der Waals surface area contributed by atoms with Crippen molar-refractivity contribution in [2.24, 2.45) is 0 Å². The summed E-state index contributed by atoms with van der Waals surface area (Å²) in [4.78, 5) is 27.0. The Bertz CT molecular complexity index is 1610. The second kappa shape index (κ2) is 9.17. The number of rotatable bonds is 4. The third kappa shape index (κ3) is 3.89. The zero-order valence-corrected chi connectivity index (χ0v) is 22.0. The number of nitrogens with zero attached hydrogens (tertiary/aromatic N) is 2. The summed E-state index contributed by atoms with van der Waals surface area (Å²) >= 11 is 14.8. The van der Waals surface area contributed by atoms with Crippen LogP contribution in [0.15, 0.2) is 71.2 Å². The van der Waals surface area contributed by atoms with Crippen LogP contribution < -0.4 is 5.32 Å². The number of ketones is 1. The highest BCUT2D eigenvalue weighted by atomic mass is 35.5. The van der Waals surface area contributed by atoms with Crippen LogP contribution in [0.3, 0.4) is 0 Å². The van der Waals surface area contributed by atoms with Crippen LogP contribution in [0.4, 0.5) is 5.82 Å². The fourth-order valence-corrected chi connectivity index (χ4v) is 6.72. The lowest BCUT2D eigenvalue weighted by molar-refractivity contribution is -0.116. The number of benzene rings is 2. The van der Waals surface area contributed by atoms with E-state index in [4.69, 9.17) is 28.3 Å². The summed E-state index contributed by atoms with van der Waals surface area (Å²) in [6.07, 6.45) is 1.04. The minimum Gasteiger partial charge on any atom is -0.478 e. The Morgan fingerprint density at radius 1 is 1.11 bits per heavy atom. The molecule has 0 amide bonds. The van der Waals surface area contributed by atoms with Crippen LogP contribution in [-0.4, -0.2) is 26.6 Å². The third-order valence-electron chi connectivity index (χ3n) is 7.06. The molecule has 0 unspecified atom stereocenters. The molecule has 1 aliphatic carbocycles. The van der Waals surface area contributed by atoms with Gasteiger partial charge in [0.05, 0.1) is 27.0 Å². The number of aryl methyl sites for hydroxylation is 1. The van der Waals surface area contributed by atoms with Crippen LogP contribution in [0.5, 0.6) is 0 Å². The molecule has 0 spiro atoms. The van der Waals surface area contributed by atoms with Gasteiger partial charge in [-0.2, -0.15) is 5.10 Å². The second-order valence-corrected chi connectivity index (χ2v) is 11.0. The maximum Gasteiger partial charge on any atom is 0.337 e. The lowest BCUT2D eigenvalue weighted by Crippen LogP contribution is -2.30. The first-order valence-electron chi connectivity index (χ1n) is 11.8. The fraction of sp³-hybridized carbons (Fsp3) is 0.179. The number of fused-ring (bicyclic) bond motifs is 1. The molecule has 0 fully saturated rings. The molecule has 6 rings (SSSR count). The van der Waals surface area contributed by atoms with E-state index in [2.05, 4.69) is 11.4 Å². The molecule has 0 saturated heterocycles. The molecule has 0 saturated carbocycles. The number of thiophene rings is 1. The Morgan fingerprint density at radius 3 is 2.68 bits per heavy atom. The number of allylic oxidation sites excluding steroid dienone is 2. The average molecular weight is 550 g/mol. The molecule has 0 bridgehead atoms. The lowest BCUT2D eigenvalue weighted by Gasteiger charge is -2.35. The predicted molar refractivity (Wildman–Crippen MR) is 146 cm³/mol. The molecule has 2 N–H and O–H groups in total. The number of para-hydroxylation sites is 1. The maximum atomic E-state index is 13.8. The molecule has 0 radical (unpaired) electrons. The topological polar surface area (TPSA) is 84.2 Å². The van der Waals surface area contributed by atoms with Crippen molar-refractivity contribution in [1.29, 1.82) is 0 Å². The summed E-state index contributed by atoms with van der Waals surface area (Å²) in [5.74, 6) is -0.796. The number of nitrogens with one attached hydrogen (secondary N) is 1. The first-order valence-corrected chi connectivity index (χ1v) is 13.4. The average Bonchev–Trinajstić information content (AvgIpc) is 3.53. The number of carbonyl (C=O) groups excluding carboxylic acids is 1. The molecule has 6 nitrogen and oxygen atoms in total. The highest BCUT2D eigenvalue weighted by Gasteiger charge is 2.42. The summed E-state index contributed by atoms with van der Waals surface area (Å²) in [5, 5.41) is 20.9. The Morgan fingerprint density at radius 2 is 1.92 bits per heavy atom. The van der Waals surface area contributed by atoms with Gasteiger partial charge in [0.1, 0.15) is 5.82 Å². The highest BCUT2D eigenvalue weighted by molar-refractivity contribution is 7.10. The predicted octanol–water partition coefficient (Wildman–Crippen LogP) is 7.21. The third-order valence-corrected chi connectivity index (χ3v) is 8.93. The number of halogens is 2. The van der Waals surface area contributed by atoms with E-state index in [1.54, 1.807) is 46.4 Å². The number of aromatic nitrogens is 2. The minimum absolute atomic E-state index is 0.0527. The van der Waals surface area contributed by atoms with E-state index in [0.717, 1.165) is 21.7 Å². The van der Waals surface area contributed by atoms with Gasteiger partial charge < -0.3 is 10.4 Å². The van der Waals surface area contributed by atoms with Crippen molar-refractivity contribution in [1.82, 2.24) is 9.78 Å². The fourth-order valence-electron chi connectivity index (χ4n) is 5.47. The second-order valence-electron chi connectivity index (χ2n) is 9.22. The lowest BCUT2D eigenvalue weighted by atomic mass is 9.73. The van der Waals surface area contributed by atoms with Gasteiger partial charge >= 0.3 is 5.97 Å². The van der Waals surface area contributed by atoms with Gasteiger partial charge in [0.2, 0.25) is 0 Å². The van der Waals surface area contributed by atoms with E-state index in [0.29, 0.717) is 45.7 Å². The first kappa shape index (κ1) is 24.0. The van der Waals surface area contributed by atoms with E-state index in [1.807, 2.05) is 30.5 Å². The molecule has 2 aliphatic rings. The zero-order valence-electron chi connectivity index (χ0n) is 19.7. The van der Waals surface area contributed by atoms with Crippen LogP contribution in [0, 0.1) is 6.92 Å². The number of aromatic carboxylic acids is 1. The summed E-state index contributed by atoms with van der Waals surface area (Å²) < 4.78 is 1.63. The van der Waals surface area contributed by atoms with Crippen LogP contribution >= 0.6 is 34.5 Å². The van der Waals surface area contributed by atoms with Crippen LogP contribution in [0.1, 0.15) is 56.7 Å². The van der Waals surface area contributed by atoms with E-state index in [-0.39, 0.29) is 17.3 Å². The first-order chi connectivity index (χ1) is 17.8. The van der Waals surface area contributed by atoms with Crippen molar-refractivity contribution in [2.45, 2.75) is 31.6 Å². The van der Waals surface area contributed by atoms with Gasteiger partial charge in [-0.05, 0) is 48.6 Å². The standard InChI is InChI=1S/C28H21Cl2N3O3S/c1-14-23-24(17-7-4-8-18(29)26(17)30)25-19(12-15(13-21(25)34)22-10-5-11-37-22)31-27(23)33(32-14)20-9-3-2-6-16(20)28(35)36/h2-11,15,24,31H,12-13H2,1H3,(H,35,36)/t15-,24-/m1/s1. The van der Waals surface area contributed by atoms with Crippen LogP contribution in [0.25, 0.3) is 5.69 Å². The minimum atomic E-state index is -1.05. The van der Waals surface area contributed by atoms with Crippen LogP contribution in [0.2, 0.25) is 10.0 Å². The number of carboxylic acids is 1. The maximum absolute atomic E-state index is 13.8. The molecule has 1 aliphatic heterocycles. The summed E-state index contributed by atoms with van der Waals surface area (Å²) in [5.41, 5.74) is 4.21. The molecule has 2 aromatic carbocycles. The Kier molecular flexibility index (Phi) is 5.94. The number of carbonyl (C=O) groups is 2. The molecule has 186 valence electrons. The SMILES string of the molecule is Cc1nn(-c2ccccc2C(=O)O)c2c1[C@@H](c1cccc(Cl)c1Cl)C1=C(C[C@@H](c3cccs3)CC1=O)N2. The molecule has 4 aromatic rings. The van der Waals surface area contributed by atoms with Crippen molar-refractivity contribution in [3.05, 3.63) is 109 Å². The van der Waals surface area contributed by atoms with E-state index < -0.39 is 11.9 Å². The largest absolute Gasteiger partial charge is 0.478 e.